The average molecular weight is 471 g/mol. The maximum Gasteiger partial charge on any atom is 0.256 e. The van der Waals surface area contributed by atoms with E-state index in [9.17, 15) is 15.0 Å². The second-order valence-electron chi connectivity index (χ2n) is 8.02. The molecule has 3 heterocycles. The summed E-state index contributed by atoms with van der Waals surface area (Å²) >= 11 is 0. The predicted octanol–water partition coefficient (Wildman–Crippen LogP) is 3.03. The van der Waals surface area contributed by atoms with Crippen LogP contribution >= 0.6 is 0 Å². The molecular formula is C26H26N6O3. The van der Waals surface area contributed by atoms with Crippen molar-refractivity contribution in [2.75, 3.05) is 20.6 Å². The Bertz CT molecular complexity index is 1430. The molecule has 0 aliphatic heterocycles. The largest absolute Gasteiger partial charge is 0.507 e. The van der Waals surface area contributed by atoms with Gasteiger partial charge < -0.3 is 25.8 Å². The van der Waals surface area contributed by atoms with Gasteiger partial charge in [0.05, 0.1) is 12.3 Å². The molecule has 0 radical (unpaired) electrons. The Morgan fingerprint density at radius 3 is 2.71 bits per heavy atom. The van der Waals surface area contributed by atoms with Crippen molar-refractivity contribution in [1.29, 1.82) is 0 Å². The molecule has 4 aromatic rings. The van der Waals surface area contributed by atoms with Gasteiger partial charge in [0, 0.05) is 72.1 Å². The van der Waals surface area contributed by atoms with Crippen LogP contribution in [0.15, 0.2) is 78.5 Å². The first kappa shape index (κ1) is 23.7. The number of aromatic amines is 1. The smallest absolute Gasteiger partial charge is 0.256 e. The molecule has 1 unspecified atom stereocenters. The second kappa shape index (κ2) is 10.2. The van der Waals surface area contributed by atoms with E-state index in [4.69, 9.17) is 5.73 Å². The summed E-state index contributed by atoms with van der Waals surface area (Å²) in [6.07, 6.45) is 8.16. The van der Waals surface area contributed by atoms with Crippen molar-refractivity contribution < 1.29 is 15.0 Å². The number of hydrogen-bond acceptors (Lipinski definition) is 7. The number of aliphatic hydroxyl groups is 1. The summed E-state index contributed by atoms with van der Waals surface area (Å²) in [6, 6.07) is 10.7. The van der Waals surface area contributed by atoms with Gasteiger partial charge in [0.1, 0.15) is 11.4 Å². The topological polar surface area (TPSA) is 141 Å². The van der Waals surface area contributed by atoms with Crippen molar-refractivity contribution in [3.63, 3.8) is 0 Å². The minimum Gasteiger partial charge on any atom is -0.507 e. The van der Waals surface area contributed by atoms with E-state index in [0.29, 0.717) is 28.0 Å². The predicted molar refractivity (Wildman–Crippen MR) is 136 cm³/mol. The number of amides is 1. The first-order chi connectivity index (χ1) is 16.9. The van der Waals surface area contributed by atoms with E-state index < -0.39 is 12.0 Å². The number of nitrogens with zero attached hydrogens (tertiary/aromatic N) is 4. The van der Waals surface area contributed by atoms with Crippen LogP contribution in [0.2, 0.25) is 0 Å². The molecule has 9 nitrogen and oxygen atoms in total. The number of phenolic OH excluding ortho intramolecular Hbond substituents is 1. The van der Waals surface area contributed by atoms with Crippen LogP contribution in [-0.4, -0.2) is 62.3 Å². The molecular weight excluding hydrogens is 444 g/mol. The first-order valence-electron chi connectivity index (χ1n) is 10.9. The van der Waals surface area contributed by atoms with Gasteiger partial charge in [-0.3, -0.25) is 14.8 Å². The van der Waals surface area contributed by atoms with E-state index in [1.54, 1.807) is 57.0 Å². The van der Waals surface area contributed by atoms with Crippen LogP contribution in [0.4, 0.5) is 0 Å². The minimum atomic E-state index is -1.40. The molecule has 0 fully saturated rings. The van der Waals surface area contributed by atoms with Gasteiger partial charge in [-0.2, -0.15) is 0 Å². The van der Waals surface area contributed by atoms with Gasteiger partial charge in [-0.05, 0) is 30.5 Å². The fourth-order valence-corrected chi connectivity index (χ4v) is 3.83. The number of aromatic nitrogens is 3. The van der Waals surface area contributed by atoms with Crippen LogP contribution < -0.4 is 5.73 Å². The number of rotatable bonds is 7. The van der Waals surface area contributed by atoms with Crippen LogP contribution in [0.5, 0.6) is 5.75 Å². The first-order valence-corrected chi connectivity index (χ1v) is 10.9. The highest BCUT2D eigenvalue weighted by Crippen LogP contribution is 2.35. The normalized spacial score (nSPS) is 12.8. The van der Waals surface area contributed by atoms with Crippen molar-refractivity contribution in [2.45, 2.75) is 6.10 Å². The maximum atomic E-state index is 12.8. The number of aliphatic imine (C=N–C) groups is 1. The molecule has 3 aromatic heterocycles. The van der Waals surface area contributed by atoms with Gasteiger partial charge in [0.2, 0.25) is 0 Å². The number of phenols is 1. The van der Waals surface area contributed by atoms with Crippen LogP contribution in [0.1, 0.15) is 11.7 Å². The average Bonchev–Trinajstić information content (AvgIpc) is 3.31. The number of likely N-dealkylation sites (N-methyl/N-ethyl adjacent to an activating group) is 1. The van der Waals surface area contributed by atoms with Crippen molar-refractivity contribution in [3.8, 4) is 28.0 Å². The molecule has 4 rings (SSSR count). The van der Waals surface area contributed by atoms with Gasteiger partial charge in [0.15, 0.2) is 6.10 Å². The third-order valence-electron chi connectivity index (χ3n) is 5.72. The lowest BCUT2D eigenvalue weighted by molar-refractivity contribution is -0.138. The molecule has 0 saturated heterocycles. The highest BCUT2D eigenvalue weighted by molar-refractivity contribution is 5.99. The number of carbonyl (C=O) groups excluding carboxylic acids is 1. The zero-order valence-corrected chi connectivity index (χ0v) is 19.4. The van der Waals surface area contributed by atoms with E-state index >= 15 is 0 Å². The molecule has 1 aromatic carbocycles. The summed E-state index contributed by atoms with van der Waals surface area (Å²) in [5.74, 6) is -0.317. The Hall–Kier alpha value is -4.50. The van der Waals surface area contributed by atoms with E-state index in [1.807, 2.05) is 18.2 Å². The van der Waals surface area contributed by atoms with Gasteiger partial charge in [-0.25, -0.2) is 4.98 Å². The number of aliphatic hydroxyl groups excluding tert-OH is 1. The number of nitrogens with two attached hydrogens (primary N) is 1. The van der Waals surface area contributed by atoms with E-state index in [0.717, 1.165) is 16.5 Å². The van der Waals surface area contributed by atoms with E-state index in [2.05, 4.69) is 19.9 Å². The monoisotopic (exact) mass is 470 g/mol. The second-order valence-corrected chi connectivity index (χ2v) is 8.02. The zero-order valence-electron chi connectivity index (χ0n) is 19.4. The minimum absolute atomic E-state index is 0.173. The molecule has 0 saturated carbocycles. The number of pyridine rings is 2. The highest BCUT2D eigenvalue weighted by Gasteiger charge is 2.23. The molecule has 0 aliphatic rings. The summed E-state index contributed by atoms with van der Waals surface area (Å²) < 4.78 is 0. The number of fused-ring (bicyclic) bond motifs is 1. The molecule has 1 amide bonds. The van der Waals surface area contributed by atoms with Crippen LogP contribution in [0, 0.1) is 0 Å². The molecule has 0 bridgehead atoms. The lowest BCUT2D eigenvalue weighted by Crippen LogP contribution is -2.35. The van der Waals surface area contributed by atoms with Crippen LogP contribution in [0.3, 0.4) is 0 Å². The quantitative estimate of drug-likeness (QED) is 0.306. The molecule has 9 heteroatoms. The van der Waals surface area contributed by atoms with Crippen LogP contribution in [-0.2, 0) is 4.79 Å². The molecule has 35 heavy (non-hydrogen) atoms. The third kappa shape index (κ3) is 4.90. The number of nitrogens with one attached hydrogen (secondary N) is 1. The van der Waals surface area contributed by atoms with Gasteiger partial charge in [0.25, 0.3) is 5.91 Å². The molecule has 0 spiro atoms. The fourth-order valence-electron chi connectivity index (χ4n) is 3.83. The van der Waals surface area contributed by atoms with Gasteiger partial charge in [-0.15, -0.1) is 0 Å². The number of benzene rings is 1. The number of H-pyrrole nitrogens is 1. The molecule has 0 aliphatic carbocycles. The van der Waals surface area contributed by atoms with Gasteiger partial charge >= 0.3 is 0 Å². The Labute approximate surface area is 202 Å². The Morgan fingerprint density at radius 1 is 1.20 bits per heavy atom. The van der Waals surface area contributed by atoms with Gasteiger partial charge in [-0.1, -0.05) is 18.2 Å². The van der Waals surface area contributed by atoms with Crippen molar-refractivity contribution >= 4 is 22.7 Å². The SMILES string of the molecule is CN=C(/C=C\N)CN(C)C(=O)C(O)c1cncc(-c2cnc3[nH]cc(-c4ccccc4O)c3c2)c1. The Balaban J connectivity index is 1.63. The lowest BCUT2D eigenvalue weighted by atomic mass is 10.0. The summed E-state index contributed by atoms with van der Waals surface area (Å²) in [7, 11) is 3.19. The number of aromatic hydroxyl groups is 1. The van der Waals surface area contributed by atoms with Crippen molar-refractivity contribution in [2.24, 2.45) is 10.7 Å². The standard InChI is InChI=1S/C26H26N6O3/c1-28-19(7-8-27)15-32(2)26(35)24(34)18-9-16(11-29-12-18)17-10-21-22(14-31-25(21)30-13-17)20-5-3-4-6-23(20)33/h3-14,24,33-34H,15,27H2,1-2H3,(H,30,31)/b8-7-,28-19?. The van der Waals surface area contributed by atoms with Crippen molar-refractivity contribution in [1.82, 2.24) is 19.9 Å². The molecule has 178 valence electrons. The van der Waals surface area contributed by atoms with E-state index in [1.165, 1.54) is 17.3 Å². The Kier molecular flexibility index (Phi) is 6.88. The number of carbonyl (C=O) groups is 1. The van der Waals surface area contributed by atoms with E-state index in [-0.39, 0.29) is 12.3 Å². The van der Waals surface area contributed by atoms with Crippen LogP contribution in [0.25, 0.3) is 33.3 Å². The number of hydrogen-bond donors (Lipinski definition) is 4. The summed E-state index contributed by atoms with van der Waals surface area (Å²) in [4.78, 5) is 30.1. The summed E-state index contributed by atoms with van der Waals surface area (Å²) in [6.45, 7) is 0.205. The lowest BCUT2D eigenvalue weighted by Gasteiger charge is -2.21. The maximum absolute atomic E-state index is 12.8. The number of para-hydroxylation sites is 1. The van der Waals surface area contributed by atoms with Crippen molar-refractivity contribution in [3.05, 3.63) is 79.0 Å². The molecule has 5 N–H and O–H groups in total. The fraction of sp³-hybridized carbons (Fsp3) is 0.154. The zero-order chi connectivity index (χ0) is 24.9. The summed E-state index contributed by atoms with van der Waals surface area (Å²) in [5, 5.41) is 21.9. The third-order valence-corrected chi connectivity index (χ3v) is 5.72. The summed E-state index contributed by atoms with van der Waals surface area (Å²) in [5.41, 5.74) is 10.0. The highest BCUT2D eigenvalue weighted by atomic mass is 16.3. The Morgan fingerprint density at radius 2 is 1.97 bits per heavy atom. The molecule has 1 atom stereocenters.